The number of hydrogen-bond acceptors (Lipinski definition) is 3. The highest BCUT2D eigenvalue weighted by Gasteiger charge is 2.31. The van der Waals surface area contributed by atoms with E-state index >= 15 is 0 Å². The Hall–Kier alpha value is -2.08. The molecule has 20 heavy (non-hydrogen) atoms. The summed E-state index contributed by atoms with van der Waals surface area (Å²) >= 11 is 5.91. The van der Waals surface area contributed by atoms with Crippen LogP contribution in [0.4, 0.5) is 0 Å². The van der Waals surface area contributed by atoms with Gasteiger partial charge in [0.05, 0.1) is 10.7 Å². The molecule has 106 valence electrons. The van der Waals surface area contributed by atoms with Crippen molar-refractivity contribution in [3.05, 3.63) is 34.7 Å². The maximum atomic E-state index is 12.3. The number of rotatable bonds is 3. The van der Waals surface area contributed by atoms with E-state index in [2.05, 4.69) is 10.3 Å². The highest BCUT2D eigenvalue weighted by molar-refractivity contribution is 6.30. The number of imidazole rings is 1. The average Bonchev–Trinajstić information content (AvgIpc) is 2.63. The van der Waals surface area contributed by atoms with Gasteiger partial charge in [-0.25, -0.2) is 9.78 Å². The Morgan fingerprint density at radius 1 is 1.40 bits per heavy atom. The van der Waals surface area contributed by atoms with E-state index in [1.54, 1.807) is 29.7 Å². The van der Waals surface area contributed by atoms with Crippen molar-refractivity contribution in [1.29, 1.82) is 0 Å². The van der Waals surface area contributed by atoms with Crippen LogP contribution in [0, 0.1) is 6.92 Å². The van der Waals surface area contributed by atoms with Gasteiger partial charge in [0.1, 0.15) is 16.9 Å². The second-order valence-corrected chi connectivity index (χ2v) is 5.44. The third kappa shape index (κ3) is 2.46. The van der Waals surface area contributed by atoms with Gasteiger partial charge in [-0.05, 0) is 32.9 Å². The van der Waals surface area contributed by atoms with E-state index in [4.69, 9.17) is 16.7 Å². The van der Waals surface area contributed by atoms with E-state index < -0.39 is 17.4 Å². The molecule has 0 aliphatic rings. The number of aliphatic carboxylic acids is 1. The van der Waals surface area contributed by atoms with E-state index in [0.717, 1.165) is 0 Å². The van der Waals surface area contributed by atoms with Gasteiger partial charge in [0.2, 0.25) is 0 Å². The standard InChI is InChI=1S/C13H14ClN3O3/c1-7-10(11(18)16-13(2,3)12(19)20)17-6-8(14)4-5-9(17)15-7/h4-6H,1-3H3,(H,16,18)(H,19,20). The zero-order chi connectivity index (χ0) is 15.1. The summed E-state index contributed by atoms with van der Waals surface area (Å²) in [6.45, 7) is 4.52. The molecule has 6 nitrogen and oxygen atoms in total. The number of fused-ring (bicyclic) bond motifs is 1. The minimum Gasteiger partial charge on any atom is -0.480 e. The van der Waals surface area contributed by atoms with Crippen molar-refractivity contribution in [2.24, 2.45) is 0 Å². The zero-order valence-electron chi connectivity index (χ0n) is 11.3. The number of amides is 1. The monoisotopic (exact) mass is 295 g/mol. The van der Waals surface area contributed by atoms with Crippen LogP contribution in [-0.2, 0) is 4.79 Å². The molecular formula is C13H14ClN3O3. The van der Waals surface area contributed by atoms with E-state index in [1.807, 2.05) is 0 Å². The van der Waals surface area contributed by atoms with Gasteiger partial charge < -0.3 is 10.4 Å². The molecule has 2 rings (SSSR count). The first-order valence-electron chi connectivity index (χ1n) is 5.92. The number of carboxylic acid groups (broad SMARTS) is 1. The lowest BCUT2D eigenvalue weighted by molar-refractivity contribution is -0.143. The van der Waals surface area contributed by atoms with Gasteiger partial charge in [0, 0.05) is 6.20 Å². The first kappa shape index (κ1) is 14.3. The molecule has 0 saturated heterocycles. The summed E-state index contributed by atoms with van der Waals surface area (Å²) in [5.41, 5.74) is -0.0142. The summed E-state index contributed by atoms with van der Waals surface area (Å²) in [6, 6.07) is 3.36. The van der Waals surface area contributed by atoms with Crippen molar-refractivity contribution in [3.8, 4) is 0 Å². The van der Waals surface area contributed by atoms with Gasteiger partial charge in [0.25, 0.3) is 5.91 Å². The summed E-state index contributed by atoms with van der Waals surface area (Å²) in [7, 11) is 0. The molecule has 0 aromatic carbocycles. The Morgan fingerprint density at radius 3 is 2.65 bits per heavy atom. The molecule has 0 aliphatic carbocycles. The molecule has 0 saturated carbocycles. The summed E-state index contributed by atoms with van der Waals surface area (Å²) in [5.74, 6) is -1.62. The summed E-state index contributed by atoms with van der Waals surface area (Å²) in [5, 5.41) is 12.0. The Balaban J connectivity index is 2.47. The first-order chi connectivity index (χ1) is 9.22. The predicted molar refractivity (Wildman–Crippen MR) is 74.1 cm³/mol. The minimum atomic E-state index is -1.37. The van der Waals surface area contributed by atoms with Crippen molar-refractivity contribution in [2.75, 3.05) is 0 Å². The molecule has 7 heteroatoms. The number of nitrogens with zero attached hydrogens (tertiary/aromatic N) is 2. The van der Waals surface area contributed by atoms with Crippen LogP contribution in [0.15, 0.2) is 18.3 Å². The quantitative estimate of drug-likeness (QED) is 0.905. The van der Waals surface area contributed by atoms with Crippen LogP contribution in [0.5, 0.6) is 0 Å². The number of carbonyl (C=O) groups excluding carboxylic acids is 1. The summed E-state index contributed by atoms with van der Waals surface area (Å²) in [6.07, 6.45) is 1.57. The molecular weight excluding hydrogens is 282 g/mol. The molecule has 0 atom stereocenters. The van der Waals surface area contributed by atoms with E-state index in [0.29, 0.717) is 16.4 Å². The fourth-order valence-electron chi connectivity index (χ4n) is 1.81. The second-order valence-electron chi connectivity index (χ2n) is 5.01. The lowest BCUT2D eigenvalue weighted by Crippen LogP contribution is -2.50. The molecule has 0 bridgehead atoms. The molecule has 1 amide bonds. The maximum absolute atomic E-state index is 12.3. The van der Waals surface area contributed by atoms with Crippen molar-refractivity contribution in [2.45, 2.75) is 26.3 Å². The van der Waals surface area contributed by atoms with E-state index in [-0.39, 0.29) is 5.69 Å². The van der Waals surface area contributed by atoms with Crippen LogP contribution in [0.2, 0.25) is 5.02 Å². The molecule has 0 fully saturated rings. The first-order valence-corrected chi connectivity index (χ1v) is 6.30. The molecule has 2 aromatic heterocycles. The topological polar surface area (TPSA) is 83.7 Å². The van der Waals surface area contributed by atoms with Crippen molar-refractivity contribution in [1.82, 2.24) is 14.7 Å². The van der Waals surface area contributed by atoms with Crippen LogP contribution in [-0.4, -0.2) is 31.9 Å². The van der Waals surface area contributed by atoms with Gasteiger partial charge in [-0.3, -0.25) is 9.20 Å². The molecule has 0 spiro atoms. The number of halogens is 1. The highest BCUT2D eigenvalue weighted by atomic mass is 35.5. The number of carbonyl (C=O) groups is 2. The predicted octanol–water partition coefficient (Wildman–Crippen LogP) is 1.89. The van der Waals surface area contributed by atoms with Crippen LogP contribution >= 0.6 is 11.6 Å². The SMILES string of the molecule is Cc1nc2ccc(Cl)cn2c1C(=O)NC(C)(C)C(=O)O. The largest absolute Gasteiger partial charge is 0.480 e. The van der Waals surface area contributed by atoms with Crippen LogP contribution < -0.4 is 5.32 Å². The Labute approximate surface area is 120 Å². The highest BCUT2D eigenvalue weighted by Crippen LogP contribution is 2.17. The average molecular weight is 296 g/mol. The molecule has 0 unspecified atom stereocenters. The number of hydrogen-bond donors (Lipinski definition) is 2. The smallest absolute Gasteiger partial charge is 0.328 e. The number of nitrogens with one attached hydrogen (secondary N) is 1. The van der Waals surface area contributed by atoms with Crippen LogP contribution in [0.3, 0.4) is 0 Å². The van der Waals surface area contributed by atoms with E-state index in [1.165, 1.54) is 13.8 Å². The molecule has 2 N–H and O–H groups in total. The van der Waals surface area contributed by atoms with Gasteiger partial charge in [-0.2, -0.15) is 0 Å². The number of carboxylic acids is 1. The lowest BCUT2D eigenvalue weighted by Gasteiger charge is -2.20. The van der Waals surface area contributed by atoms with E-state index in [9.17, 15) is 9.59 Å². The number of pyridine rings is 1. The lowest BCUT2D eigenvalue weighted by atomic mass is 10.1. The Bertz CT molecular complexity index is 706. The maximum Gasteiger partial charge on any atom is 0.328 e. The number of aryl methyl sites for hydroxylation is 1. The Morgan fingerprint density at radius 2 is 2.05 bits per heavy atom. The van der Waals surface area contributed by atoms with Gasteiger partial charge in [0.15, 0.2) is 0 Å². The fourth-order valence-corrected chi connectivity index (χ4v) is 1.97. The Kier molecular flexibility index (Phi) is 3.43. The normalized spacial score (nSPS) is 11.6. The summed E-state index contributed by atoms with van der Waals surface area (Å²) < 4.78 is 1.55. The minimum absolute atomic E-state index is 0.275. The molecule has 0 radical (unpaired) electrons. The summed E-state index contributed by atoms with van der Waals surface area (Å²) in [4.78, 5) is 27.6. The van der Waals surface area contributed by atoms with Crippen molar-refractivity contribution < 1.29 is 14.7 Å². The van der Waals surface area contributed by atoms with Gasteiger partial charge in [-0.1, -0.05) is 11.6 Å². The van der Waals surface area contributed by atoms with Crippen LogP contribution in [0.25, 0.3) is 5.65 Å². The molecule has 2 heterocycles. The van der Waals surface area contributed by atoms with Crippen molar-refractivity contribution in [3.63, 3.8) is 0 Å². The van der Waals surface area contributed by atoms with Crippen molar-refractivity contribution >= 4 is 29.1 Å². The van der Waals surface area contributed by atoms with Gasteiger partial charge in [-0.15, -0.1) is 0 Å². The zero-order valence-corrected chi connectivity index (χ0v) is 12.0. The fraction of sp³-hybridized carbons (Fsp3) is 0.308. The molecule has 0 aliphatic heterocycles. The molecule has 2 aromatic rings. The third-order valence-corrected chi connectivity index (χ3v) is 3.16. The second kappa shape index (κ2) is 4.79. The number of aromatic nitrogens is 2. The van der Waals surface area contributed by atoms with Crippen LogP contribution in [0.1, 0.15) is 30.0 Å². The van der Waals surface area contributed by atoms with Gasteiger partial charge >= 0.3 is 5.97 Å². The third-order valence-electron chi connectivity index (χ3n) is 2.93.